The first-order chi connectivity index (χ1) is 14.6. The molecule has 1 heterocycles. The molecule has 6 aliphatic rings. The summed E-state index contributed by atoms with van der Waals surface area (Å²) in [5, 5.41) is 58.9. The molecule has 7 bridgehead atoms. The topological polar surface area (TPSA) is 123 Å². The van der Waals surface area contributed by atoms with Gasteiger partial charge in [0.1, 0.15) is 16.8 Å². The first-order valence-electron chi connectivity index (χ1n) is 11.9. The first kappa shape index (κ1) is 21.2. The lowest BCUT2D eigenvalue weighted by Gasteiger charge is -2.72. The highest BCUT2D eigenvalue weighted by Gasteiger charge is 2.92. The Balaban J connectivity index is 1.67. The summed E-state index contributed by atoms with van der Waals surface area (Å²) in [6, 6.07) is -0.406. The molecular weight excluding hydrogens is 402 g/mol. The van der Waals surface area contributed by atoms with Crippen LogP contribution in [0.4, 0.5) is 0 Å². The Hall–Kier alpha value is -0.320. The van der Waals surface area contributed by atoms with Gasteiger partial charge >= 0.3 is 0 Å². The number of likely N-dealkylation sites (tertiary alicyclic amines) is 1. The zero-order valence-corrected chi connectivity index (χ0v) is 18.7. The number of aliphatic hydroxyl groups is 5. The quantitative estimate of drug-likeness (QED) is 0.382. The van der Waals surface area contributed by atoms with Gasteiger partial charge in [-0.1, -0.05) is 6.92 Å². The summed E-state index contributed by atoms with van der Waals surface area (Å²) >= 11 is 0. The third-order valence-corrected chi connectivity index (χ3v) is 11.1. The van der Waals surface area contributed by atoms with E-state index in [1.165, 1.54) is 0 Å². The van der Waals surface area contributed by atoms with E-state index in [2.05, 4.69) is 11.8 Å². The Labute approximate surface area is 183 Å². The average Bonchev–Trinajstić information content (AvgIpc) is 3.08. The fourth-order valence-electron chi connectivity index (χ4n) is 10.4. The Morgan fingerprint density at radius 3 is 2.45 bits per heavy atom. The summed E-state index contributed by atoms with van der Waals surface area (Å²) in [7, 11) is 3.41. The third kappa shape index (κ3) is 1.86. The molecule has 0 aromatic rings. The maximum Gasteiger partial charge on any atom is 0.129 e. The van der Waals surface area contributed by atoms with Gasteiger partial charge in [-0.25, -0.2) is 0 Å². The normalized spacial score (nSPS) is 64.1. The molecule has 31 heavy (non-hydrogen) atoms. The number of aliphatic hydroxyl groups excluding tert-OH is 2. The molecule has 6 fully saturated rings. The fourth-order valence-corrected chi connectivity index (χ4v) is 10.4. The zero-order valence-electron chi connectivity index (χ0n) is 18.7. The fraction of sp³-hybridized carbons (Fsp3) is 1.00. The molecule has 8 heteroatoms. The molecule has 0 unspecified atom stereocenters. The Bertz CT molecular complexity index is 798. The number of methoxy groups -OCH3 is 2. The van der Waals surface area contributed by atoms with Crippen LogP contribution < -0.4 is 0 Å². The highest BCUT2D eigenvalue weighted by molar-refractivity contribution is 5.42. The van der Waals surface area contributed by atoms with Crippen molar-refractivity contribution >= 4 is 0 Å². The molecule has 5 N–H and O–H groups in total. The van der Waals surface area contributed by atoms with Gasteiger partial charge in [0.05, 0.1) is 31.0 Å². The van der Waals surface area contributed by atoms with E-state index in [-0.39, 0.29) is 23.9 Å². The van der Waals surface area contributed by atoms with Crippen molar-refractivity contribution in [3.8, 4) is 0 Å². The molecule has 0 aromatic heterocycles. The van der Waals surface area contributed by atoms with Gasteiger partial charge in [0.25, 0.3) is 0 Å². The van der Waals surface area contributed by atoms with E-state index < -0.39 is 52.3 Å². The molecule has 8 nitrogen and oxygen atoms in total. The molecule has 0 radical (unpaired) electrons. The van der Waals surface area contributed by atoms with E-state index in [9.17, 15) is 25.5 Å². The van der Waals surface area contributed by atoms with Gasteiger partial charge in [0.2, 0.25) is 0 Å². The number of ether oxygens (including phenoxy) is 2. The van der Waals surface area contributed by atoms with Gasteiger partial charge < -0.3 is 35.0 Å². The number of hydrogen-bond acceptors (Lipinski definition) is 8. The predicted octanol–water partition coefficient (Wildman–Crippen LogP) is -0.893. The van der Waals surface area contributed by atoms with Crippen LogP contribution in [-0.4, -0.2) is 106 Å². The molecule has 176 valence electrons. The summed E-state index contributed by atoms with van der Waals surface area (Å²) in [6.07, 6.45) is -0.157. The van der Waals surface area contributed by atoms with E-state index in [0.717, 1.165) is 19.4 Å². The van der Waals surface area contributed by atoms with Gasteiger partial charge in [-0.3, -0.25) is 4.90 Å². The van der Waals surface area contributed by atoms with Gasteiger partial charge in [-0.05, 0) is 38.1 Å². The van der Waals surface area contributed by atoms with Crippen LogP contribution in [0.1, 0.15) is 39.0 Å². The number of likely N-dealkylation sites (N-methyl/N-ethyl adjacent to an activating group) is 1. The Morgan fingerprint density at radius 2 is 1.81 bits per heavy atom. The third-order valence-electron chi connectivity index (χ3n) is 11.1. The number of fused-ring (bicyclic) bond motifs is 2. The van der Waals surface area contributed by atoms with E-state index >= 15 is 0 Å². The number of piperidine rings is 1. The molecule has 5 aliphatic carbocycles. The smallest absolute Gasteiger partial charge is 0.129 e. The van der Waals surface area contributed by atoms with Crippen LogP contribution in [0.5, 0.6) is 0 Å². The van der Waals surface area contributed by atoms with Crippen molar-refractivity contribution in [1.82, 2.24) is 4.90 Å². The number of nitrogens with zero attached hydrogens (tertiary/aromatic N) is 1. The van der Waals surface area contributed by atoms with Crippen molar-refractivity contribution in [2.24, 2.45) is 28.6 Å². The van der Waals surface area contributed by atoms with Crippen molar-refractivity contribution in [3.05, 3.63) is 0 Å². The summed E-state index contributed by atoms with van der Waals surface area (Å²) in [5.74, 6) is -1.00. The summed E-state index contributed by atoms with van der Waals surface area (Å²) < 4.78 is 11.9. The van der Waals surface area contributed by atoms with Crippen molar-refractivity contribution in [1.29, 1.82) is 0 Å². The number of rotatable bonds is 4. The summed E-state index contributed by atoms with van der Waals surface area (Å²) in [5.41, 5.74) is -6.37. The largest absolute Gasteiger partial charge is 0.393 e. The minimum absolute atomic E-state index is 0.0109. The zero-order chi connectivity index (χ0) is 22.2. The lowest BCUT2D eigenvalue weighted by molar-refractivity contribution is -0.366. The van der Waals surface area contributed by atoms with Crippen molar-refractivity contribution in [3.63, 3.8) is 0 Å². The minimum atomic E-state index is -1.99. The molecular formula is C23H37NO7. The molecule has 5 saturated carbocycles. The molecule has 12 atom stereocenters. The lowest BCUT2D eigenvalue weighted by Crippen LogP contribution is -2.87. The van der Waals surface area contributed by atoms with Gasteiger partial charge in [0.15, 0.2) is 0 Å². The van der Waals surface area contributed by atoms with Gasteiger partial charge in [-0.2, -0.15) is 0 Å². The molecule has 0 amide bonds. The SMILES string of the molecule is CCN1C[C@]2(COC)CC[C@H](OC)[C@@]34[C@@H]2C[C@](O)([C@@H]13)[C@@]1(O)C[C@H](O)[C@H]2C[C@@H]4[C@]1(O)[C@H]2O. The van der Waals surface area contributed by atoms with Gasteiger partial charge in [-0.15, -0.1) is 0 Å². The second kappa shape index (κ2) is 6.02. The monoisotopic (exact) mass is 439 g/mol. The first-order valence-corrected chi connectivity index (χ1v) is 11.9. The molecule has 1 saturated heterocycles. The molecule has 6 rings (SSSR count). The summed E-state index contributed by atoms with van der Waals surface area (Å²) in [4.78, 5) is 2.27. The van der Waals surface area contributed by atoms with Gasteiger partial charge in [0, 0.05) is 49.9 Å². The maximum absolute atomic E-state index is 12.5. The van der Waals surface area contributed by atoms with E-state index in [1.54, 1.807) is 14.2 Å². The second-order valence-electron chi connectivity index (χ2n) is 11.6. The van der Waals surface area contributed by atoms with Crippen LogP contribution in [0.3, 0.4) is 0 Å². The second-order valence-corrected chi connectivity index (χ2v) is 11.6. The predicted molar refractivity (Wildman–Crippen MR) is 109 cm³/mol. The minimum Gasteiger partial charge on any atom is -0.393 e. The van der Waals surface area contributed by atoms with Crippen LogP contribution in [0.2, 0.25) is 0 Å². The van der Waals surface area contributed by atoms with Crippen LogP contribution in [0.25, 0.3) is 0 Å². The molecule has 1 aliphatic heterocycles. The molecule has 0 aromatic carbocycles. The molecule has 1 spiro atoms. The summed E-state index contributed by atoms with van der Waals surface area (Å²) in [6.45, 7) is 4.08. The average molecular weight is 440 g/mol. The standard InChI is InChI=1S/C23H37NO7/c1-4-24-10-19(11-30-2)6-5-16(31-3)22-14-7-12-13(25)8-21(28,23(14,29)17(12)26)20(27,18(22)24)9-15(19)22/h12-18,25-29H,4-11H2,1-3H3/t12-,13+,14+,15-,16+,17+,18-,19+,20+,21+,22-,23+/m1/s1. The Morgan fingerprint density at radius 1 is 1.06 bits per heavy atom. The highest BCUT2D eigenvalue weighted by Crippen LogP contribution is 2.80. The van der Waals surface area contributed by atoms with Crippen molar-refractivity contribution in [2.45, 2.75) is 80.2 Å². The lowest BCUT2D eigenvalue weighted by atomic mass is 9.41. The highest BCUT2D eigenvalue weighted by atomic mass is 16.5. The van der Waals surface area contributed by atoms with E-state index in [4.69, 9.17) is 9.47 Å². The van der Waals surface area contributed by atoms with E-state index in [0.29, 0.717) is 26.0 Å². The van der Waals surface area contributed by atoms with Crippen LogP contribution in [0, 0.1) is 28.6 Å². The van der Waals surface area contributed by atoms with Crippen LogP contribution in [0.15, 0.2) is 0 Å². The van der Waals surface area contributed by atoms with Crippen LogP contribution >= 0.6 is 0 Å². The van der Waals surface area contributed by atoms with E-state index in [1.807, 2.05) is 0 Å². The number of hydrogen-bond donors (Lipinski definition) is 5. The maximum atomic E-state index is 12.5. The van der Waals surface area contributed by atoms with Crippen LogP contribution in [-0.2, 0) is 9.47 Å². The Kier molecular flexibility index (Phi) is 4.12. The van der Waals surface area contributed by atoms with Crippen molar-refractivity contribution in [2.75, 3.05) is 33.9 Å². The van der Waals surface area contributed by atoms with Crippen molar-refractivity contribution < 1.29 is 35.0 Å².